The molecule has 146 valence electrons. The second kappa shape index (κ2) is 7.00. The Hall–Kier alpha value is -3.19. The van der Waals surface area contributed by atoms with Crippen molar-refractivity contribution in [2.24, 2.45) is 0 Å². The van der Waals surface area contributed by atoms with Crippen molar-refractivity contribution in [1.82, 2.24) is 16.0 Å². The molecule has 2 aromatic carbocycles. The van der Waals surface area contributed by atoms with E-state index in [2.05, 4.69) is 64.5 Å². The van der Waals surface area contributed by atoms with Gasteiger partial charge < -0.3 is 10.6 Å². The lowest BCUT2D eigenvalue weighted by Crippen LogP contribution is -2.40. The Labute approximate surface area is 171 Å². The highest BCUT2D eigenvalue weighted by Gasteiger charge is 2.32. The van der Waals surface area contributed by atoms with Crippen molar-refractivity contribution in [2.45, 2.75) is 31.3 Å². The lowest BCUT2D eigenvalue weighted by atomic mass is 10.1. The maximum absolute atomic E-state index is 12.3. The predicted octanol–water partition coefficient (Wildman–Crippen LogP) is 2.75. The Morgan fingerprint density at radius 1 is 1.07 bits per heavy atom. The van der Waals surface area contributed by atoms with Crippen LogP contribution in [0.5, 0.6) is 0 Å². The van der Waals surface area contributed by atoms with E-state index in [4.69, 9.17) is 0 Å². The Morgan fingerprint density at radius 2 is 1.90 bits per heavy atom. The van der Waals surface area contributed by atoms with Gasteiger partial charge in [0.2, 0.25) is 5.91 Å². The van der Waals surface area contributed by atoms with Crippen LogP contribution >= 0.6 is 11.3 Å². The van der Waals surface area contributed by atoms with Crippen molar-refractivity contribution < 1.29 is 14.4 Å². The van der Waals surface area contributed by atoms with Crippen molar-refractivity contribution in [2.75, 3.05) is 0 Å². The van der Waals surface area contributed by atoms with Crippen LogP contribution in [0.1, 0.15) is 17.5 Å². The van der Waals surface area contributed by atoms with Gasteiger partial charge in [0.15, 0.2) is 0 Å². The molecule has 4 amide bonds. The van der Waals surface area contributed by atoms with Crippen LogP contribution in [0, 0.1) is 0 Å². The summed E-state index contributed by atoms with van der Waals surface area (Å²) in [5.74, 6) is -0.678. The average molecular weight is 405 g/mol. The summed E-state index contributed by atoms with van der Waals surface area (Å²) in [5, 5.41) is 8.85. The minimum Gasteiger partial charge on any atom is -0.353 e. The molecular weight excluding hydrogens is 386 g/mol. The van der Waals surface area contributed by atoms with Gasteiger partial charge in [-0.1, -0.05) is 30.3 Å². The van der Waals surface area contributed by atoms with Crippen molar-refractivity contribution in [3.63, 3.8) is 0 Å². The number of nitrogens with one attached hydrogen (secondary N) is 3. The van der Waals surface area contributed by atoms with Crippen LogP contribution in [0.2, 0.25) is 0 Å². The van der Waals surface area contributed by atoms with E-state index in [9.17, 15) is 14.4 Å². The average Bonchev–Trinajstić information content (AvgIpc) is 3.37. The zero-order valence-electron chi connectivity index (χ0n) is 15.5. The van der Waals surface area contributed by atoms with Crippen LogP contribution in [0.15, 0.2) is 48.5 Å². The summed E-state index contributed by atoms with van der Waals surface area (Å²) < 4.78 is 1.27. The van der Waals surface area contributed by atoms with E-state index >= 15 is 0 Å². The van der Waals surface area contributed by atoms with Crippen LogP contribution < -0.4 is 16.0 Å². The van der Waals surface area contributed by atoms with Crippen molar-refractivity contribution in [1.29, 1.82) is 0 Å². The fraction of sp³-hybridized carbons (Fsp3) is 0.227. The first-order valence-electron chi connectivity index (χ1n) is 9.56. The summed E-state index contributed by atoms with van der Waals surface area (Å²) in [7, 11) is 0. The maximum atomic E-state index is 12.3. The number of rotatable bonds is 4. The molecule has 5 rings (SSSR count). The minimum atomic E-state index is -0.786. The minimum absolute atomic E-state index is 0.00956. The number of hydrogen-bond donors (Lipinski definition) is 3. The molecule has 2 heterocycles. The monoisotopic (exact) mass is 405 g/mol. The molecule has 0 radical (unpaired) electrons. The van der Waals surface area contributed by atoms with Crippen LogP contribution in [-0.2, 0) is 22.4 Å². The predicted molar refractivity (Wildman–Crippen MR) is 112 cm³/mol. The summed E-state index contributed by atoms with van der Waals surface area (Å²) in [6.07, 6.45) is 1.50. The van der Waals surface area contributed by atoms with Crippen molar-refractivity contribution >= 4 is 39.3 Å². The first-order valence-corrected chi connectivity index (χ1v) is 10.4. The second-order valence-corrected chi connectivity index (χ2v) is 8.61. The third-order valence-corrected chi connectivity index (χ3v) is 6.63. The third-order valence-electron chi connectivity index (χ3n) is 5.46. The Balaban J connectivity index is 1.26. The number of urea groups is 1. The molecule has 0 bridgehead atoms. The normalized spacial score (nSPS) is 20.4. The number of amides is 4. The fourth-order valence-electron chi connectivity index (χ4n) is 4.07. The zero-order chi connectivity index (χ0) is 20.0. The number of carbonyl (C=O) groups excluding carboxylic acids is 3. The van der Waals surface area contributed by atoms with E-state index in [0.29, 0.717) is 0 Å². The molecule has 0 saturated carbocycles. The van der Waals surface area contributed by atoms with Gasteiger partial charge in [0, 0.05) is 15.6 Å². The van der Waals surface area contributed by atoms with Gasteiger partial charge in [0.05, 0.1) is 6.42 Å². The maximum Gasteiger partial charge on any atom is 0.322 e. The summed E-state index contributed by atoms with van der Waals surface area (Å²) in [5.41, 5.74) is 3.69. The standard InChI is InChI=1S/C22H19N3O3S/c26-20(11-17-21(27)25-22(28)24-17)23-16-8-12-5-6-14(7-15(12)9-16)19-10-13-3-1-2-4-18(13)29-19/h1-7,10,16-17H,8-9,11H2,(H,23,26)(H2,24,25,27,28). The molecule has 1 saturated heterocycles. The van der Waals surface area contributed by atoms with Crippen LogP contribution in [0.4, 0.5) is 4.79 Å². The summed E-state index contributed by atoms with van der Waals surface area (Å²) in [4.78, 5) is 36.3. The number of thiophene rings is 1. The van der Waals surface area contributed by atoms with Gasteiger partial charge >= 0.3 is 6.03 Å². The molecule has 1 aliphatic carbocycles. The second-order valence-electron chi connectivity index (χ2n) is 7.52. The number of imide groups is 1. The highest BCUT2D eigenvalue weighted by Crippen LogP contribution is 2.35. The molecule has 2 atom stereocenters. The highest BCUT2D eigenvalue weighted by molar-refractivity contribution is 7.22. The van der Waals surface area contributed by atoms with E-state index in [1.807, 2.05) is 0 Å². The van der Waals surface area contributed by atoms with Gasteiger partial charge in [0.1, 0.15) is 6.04 Å². The molecule has 29 heavy (non-hydrogen) atoms. The van der Waals surface area contributed by atoms with Crippen molar-refractivity contribution in [3.8, 4) is 10.4 Å². The van der Waals surface area contributed by atoms with Gasteiger partial charge in [-0.25, -0.2) is 4.79 Å². The molecule has 2 aliphatic rings. The van der Waals surface area contributed by atoms with Gasteiger partial charge in [-0.05, 0) is 53.1 Å². The Morgan fingerprint density at radius 3 is 2.69 bits per heavy atom. The smallest absolute Gasteiger partial charge is 0.322 e. The van der Waals surface area contributed by atoms with Crippen LogP contribution in [-0.4, -0.2) is 29.9 Å². The summed E-state index contributed by atoms with van der Waals surface area (Å²) in [6.45, 7) is 0. The van der Waals surface area contributed by atoms with Crippen molar-refractivity contribution in [3.05, 3.63) is 59.7 Å². The van der Waals surface area contributed by atoms with E-state index in [1.54, 1.807) is 11.3 Å². The Kier molecular flexibility index (Phi) is 4.32. The molecule has 3 N–H and O–H groups in total. The topological polar surface area (TPSA) is 87.3 Å². The Bertz CT molecular complexity index is 1120. The first kappa shape index (κ1) is 17.9. The number of fused-ring (bicyclic) bond motifs is 2. The van der Waals surface area contributed by atoms with Crippen LogP contribution in [0.25, 0.3) is 20.5 Å². The van der Waals surface area contributed by atoms with Gasteiger partial charge in [-0.2, -0.15) is 0 Å². The molecule has 3 aromatic rings. The molecule has 7 heteroatoms. The van der Waals surface area contributed by atoms with Gasteiger partial charge in [0.25, 0.3) is 5.91 Å². The molecule has 2 unspecified atom stereocenters. The fourth-order valence-corrected chi connectivity index (χ4v) is 5.13. The summed E-state index contributed by atoms with van der Waals surface area (Å²) in [6, 6.07) is 15.8. The van der Waals surface area contributed by atoms with E-state index in [1.165, 1.54) is 31.7 Å². The molecule has 1 aliphatic heterocycles. The molecular formula is C22H19N3O3S. The first-order chi connectivity index (χ1) is 14.0. The van der Waals surface area contributed by atoms with Gasteiger partial charge in [-0.3, -0.25) is 14.9 Å². The molecule has 0 spiro atoms. The molecule has 1 aromatic heterocycles. The SMILES string of the molecule is O=C(CC1NC(=O)NC1=O)NC1Cc2ccc(-c3cc4ccccc4s3)cc2C1. The van der Waals surface area contributed by atoms with E-state index in [0.717, 1.165) is 12.8 Å². The zero-order valence-corrected chi connectivity index (χ0v) is 16.3. The number of benzene rings is 2. The lowest BCUT2D eigenvalue weighted by Gasteiger charge is -2.13. The number of carbonyl (C=O) groups is 3. The molecule has 1 fully saturated rings. The highest BCUT2D eigenvalue weighted by atomic mass is 32.1. The third kappa shape index (κ3) is 3.49. The molecule has 6 nitrogen and oxygen atoms in total. The lowest BCUT2D eigenvalue weighted by molar-refractivity contribution is -0.126. The van der Waals surface area contributed by atoms with E-state index in [-0.39, 0.29) is 18.4 Å². The van der Waals surface area contributed by atoms with E-state index < -0.39 is 18.0 Å². The quantitative estimate of drug-likeness (QED) is 0.584. The number of hydrogen-bond acceptors (Lipinski definition) is 4. The van der Waals surface area contributed by atoms with Gasteiger partial charge in [-0.15, -0.1) is 11.3 Å². The largest absolute Gasteiger partial charge is 0.353 e. The van der Waals surface area contributed by atoms with Crippen LogP contribution in [0.3, 0.4) is 0 Å². The summed E-state index contributed by atoms with van der Waals surface area (Å²) >= 11 is 1.78.